The number of carbonyl (C=O) groups is 2. The van der Waals surface area contributed by atoms with Gasteiger partial charge in [0.25, 0.3) is 5.91 Å². The number of benzene rings is 2. The Hall–Kier alpha value is -2.23. The molecule has 2 fully saturated rings. The van der Waals surface area contributed by atoms with Gasteiger partial charge in [-0.2, -0.15) is 0 Å². The van der Waals surface area contributed by atoms with E-state index in [2.05, 4.69) is 5.32 Å². The highest BCUT2D eigenvalue weighted by atomic mass is 35.5. The fourth-order valence-electron chi connectivity index (χ4n) is 4.49. The summed E-state index contributed by atoms with van der Waals surface area (Å²) in [6.07, 6.45) is -0.543. The number of aliphatic hydroxyl groups is 1. The Balaban J connectivity index is 1.39. The molecule has 35 heavy (non-hydrogen) atoms. The van der Waals surface area contributed by atoms with Gasteiger partial charge in [0.2, 0.25) is 5.91 Å². The van der Waals surface area contributed by atoms with E-state index in [1.54, 1.807) is 24.3 Å². The fourth-order valence-corrected chi connectivity index (χ4v) is 4.81. The molecule has 0 saturated carbocycles. The number of amides is 2. The van der Waals surface area contributed by atoms with Crippen molar-refractivity contribution in [3.05, 3.63) is 69.5 Å². The maximum absolute atomic E-state index is 14.3. The first-order valence-electron chi connectivity index (χ1n) is 11.5. The van der Waals surface area contributed by atoms with Crippen molar-refractivity contribution in [1.82, 2.24) is 10.2 Å². The number of β-amino-alcohol motifs (C(OH)–C–C–N with tert-alkyl or cyclic N) is 1. The van der Waals surface area contributed by atoms with Crippen molar-refractivity contribution in [2.75, 3.05) is 19.8 Å². The Morgan fingerprint density at radius 1 is 1.11 bits per heavy atom. The third-order valence-electron chi connectivity index (χ3n) is 6.23. The molecule has 2 aliphatic rings. The predicted octanol–water partition coefficient (Wildman–Crippen LogP) is 3.59. The van der Waals surface area contributed by atoms with E-state index in [9.17, 15) is 19.1 Å². The number of ether oxygens (including phenoxy) is 2. The summed E-state index contributed by atoms with van der Waals surface area (Å²) < 4.78 is 26.1. The molecule has 0 bridgehead atoms. The quantitative estimate of drug-likeness (QED) is 0.623. The van der Waals surface area contributed by atoms with Crippen LogP contribution in [0.5, 0.6) is 0 Å². The van der Waals surface area contributed by atoms with Crippen LogP contribution < -0.4 is 5.32 Å². The Kier molecular flexibility index (Phi) is 8.62. The molecule has 0 aromatic heterocycles. The summed E-state index contributed by atoms with van der Waals surface area (Å²) in [5, 5.41) is 14.0. The summed E-state index contributed by atoms with van der Waals surface area (Å²) in [5.74, 6) is -1.29. The first-order valence-corrected chi connectivity index (χ1v) is 12.2. The molecule has 0 radical (unpaired) electrons. The van der Waals surface area contributed by atoms with Crippen LogP contribution in [0.3, 0.4) is 0 Å². The molecule has 0 aliphatic carbocycles. The first kappa shape index (κ1) is 25.9. The standard InChI is InChI=1S/C25H27Cl2FN2O5/c26-19-7-5-15(9-20(19)27)11-29-24(32)10-17-6-8-22-23(35-17)14-34-13-16(31)12-30(22)25(33)18-3-1-2-4-21(18)28/h1-5,7,9,16-17,22-23,31H,6,8,10-14H2,(H,29,32)/t16-,17+,22-,23+/m0/s1. The largest absolute Gasteiger partial charge is 0.389 e. The molecule has 2 aromatic carbocycles. The summed E-state index contributed by atoms with van der Waals surface area (Å²) >= 11 is 12.0. The van der Waals surface area contributed by atoms with E-state index in [0.717, 1.165) is 5.56 Å². The average Bonchev–Trinajstić information content (AvgIpc) is 2.82. The van der Waals surface area contributed by atoms with E-state index < -0.39 is 30.0 Å². The van der Waals surface area contributed by atoms with Crippen molar-refractivity contribution in [3.8, 4) is 0 Å². The highest BCUT2D eigenvalue weighted by Crippen LogP contribution is 2.29. The van der Waals surface area contributed by atoms with Gasteiger partial charge in [0.15, 0.2) is 0 Å². The van der Waals surface area contributed by atoms with Crippen LogP contribution in [0.4, 0.5) is 4.39 Å². The first-order chi connectivity index (χ1) is 16.8. The average molecular weight is 525 g/mol. The van der Waals surface area contributed by atoms with E-state index in [-0.39, 0.29) is 43.8 Å². The maximum Gasteiger partial charge on any atom is 0.257 e. The smallest absolute Gasteiger partial charge is 0.257 e. The molecule has 2 aromatic rings. The molecule has 4 atom stereocenters. The minimum absolute atomic E-state index is 0.00645. The van der Waals surface area contributed by atoms with Gasteiger partial charge in [0, 0.05) is 13.1 Å². The lowest BCUT2D eigenvalue weighted by Crippen LogP contribution is -2.57. The minimum Gasteiger partial charge on any atom is -0.389 e. The number of halogens is 3. The van der Waals surface area contributed by atoms with E-state index in [1.807, 2.05) is 0 Å². The van der Waals surface area contributed by atoms with Crippen LogP contribution in [0.1, 0.15) is 35.2 Å². The summed E-state index contributed by atoms with van der Waals surface area (Å²) in [6, 6.07) is 10.5. The second kappa shape index (κ2) is 11.7. The normalized spacial score (nSPS) is 24.7. The monoisotopic (exact) mass is 524 g/mol. The van der Waals surface area contributed by atoms with Gasteiger partial charge < -0.3 is 24.8 Å². The van der Waals surface area contributed by atoms with Gasteiger partial charge in [0.1, 0.15) is 11.9 Å². The number of aliphatic hydroxyl groups excluding tert-OH is 1. The molecule has 2 heterocycles. The van der Waals surface area contributed by atoms with Crippen LogP contribution in [-0.2, 0) is 20.8 Å². The molecule has 2 N–H and O–H groups in total. The molecule has 10 heteroatoms. The van der Waals surface area contributed by atoms with Crippen LogP contribution >= 0.6 is 23.2 Å². The number of carbonyl (C=O) groups excluding carboxylic acids is 2. The Bertz CT molecular complexity index is 1070. The predicted molar refractivity (Wildman–Crippen MR) is 129 cm³/mol. The molecule has 4 rings (SSSR count). The number of rotatable bonds is 5. The van der Waals surface area contributed by atoms with Crippen molar-refractivity contribution in [3.63, 3.8) is 0 Å². The molecule has 0 unspecified atom stereocenters. The van der Waals surface area contributed by atoms with Crippen molar-refractivity contribution >= 4 is 35.0 Å². The van der Waals surface area contributed by atoms with E-state index in [0.29, 0.717) is 29.4 Å². The van der Waals surface area contributed by atoms with Crippen LogP contribution in [0.2, 0.25) is 10.0 Å². The van der Waals surface area contributed by atoms with Gasteiger partial charge in [-0.3, -0.25) is 9.59 Å². The highest BCUT2D eigenvalue weighted by Gasteiger charge is 2.40. The Morgan fingerprint density at radius 2 is 1.91 bits per heavy atom. The molecule has 0 spiro atoms. The van der Waals surface area contributed by atoms with E-state index in [4.69, 9.17) is 32.7 Å². The van der Waals surface area contributed by atoms with Crippen molar-refractivity contribution < 1.29 is 28.6 Å². The van der Waals surface area contributed by atoms with Crippen LogP contribution in [0, 0.1) is 5.82 Å². The third kappa shape index (κ3) is 6.51. The molecule has 2 saturated heterocycles. The van der Waals surface area contributed by atoms with Gasteiger partial charge in [0.05, 0.1) is 53.5 Å². The summed E-state index contributed by atoms with van der Waals surface area (Å²) in [6.45, 7) is 0.500. The SMILES string of the molecule is O=C(C[C@H]1CC[C@H]2[C@@H](COC[C@@H](O)CN2C(=O)c2ccccc2F)O1)NCc1ccc(Cl)c(Cl)c1. The number of fused-ring (bicyclic) bond motifs is 1. The molecule has 188 valence electrons. The number of hydrogen-bond acceptors (Lipinski definition) is 5. The third-order valence-corrected chi connectivity index (χ3v) is 6.97. The summed E-state index contributed by atoms with van der Waals surface area (Å²) in [7, 11) is 0. The number of nitrogens with one attached hydrogen (secondary N) is 1. The molecular weight excluding hydrogens is 498 g/mol. The molecule has 2 amide bonds. The van der Waals surface area contributed by atoms with Gasteiger partial charge in [-0.25, -0.2) is 4.39 Å². The Labute approximate surface area is 213 Å². The zero-order valence-electron chi connectivity index (χ0n) is 19.0. The van der Waals surface area contributed by atoms with Crippen LogP contribution in [0.25, 0.3) is 0 Å². The number of hydrogen-bond donors (Lipinski definition) is 2. The topological polar surface area (TPSA) is 88.1 Å². The lowest BCUT2D eigenvalue weighted by atomic mass is 9.94. The fraction of sp³-hybridized carbons (Fsp3) is 0.440. The lowest BCUT2D eigenvalue weighted by molar-refractivity contribution is -0.151. The number of nitrogens with zero attached hydrogens (tertiary/aromatic N) is 1. The van der Waals surface area contributed by atoms with Crippen molar-refractivity contribution in [1.29, 1.82) is 0 Å². The zero-order valence-corrected chi connectivity index (χ0v) is 20.5. The second-order valence-corrected chi connectivity index (χ2v) is 9.61. The lowest BCUT2D eigenvalue weighted by Gasteiger charge is -2.44. The zero-order chi connectivity index (χ0) is 24.9. The van der Waals surface area contributed by atoms with E-state index >= 15 is 0 Å². The van der Waals surface area contributed by atoms with E-state index in [1.165, 1.54) is 23.1 Å². The maximum atomic E-state index is 14.3. The van der Waals surface area contributed by atoms with Gasteiger partial charge in [-0.1, -0.05) is 41.4 Å². The highest BCUT2D eigenvalue weighted by molar-refractivity contribution is 6.42. The summed E-state index contributed by atoms with van der Waals surface area (Å²) in [5.41, 5.74) is 0.774. The van der Waals surface area contributed by atoms with Crippen molar-refractivity contribution in [2.45, 2.75) is 50.2 Å². The van der Waals surface area contributed by atoms with Gasteiger partial charge in [-0.05, 0) is 42.7 Å². The van der Waals surface area contributed by atoms with Gasteiger partial charge >= 0.3 is 0 Å². The Morgan fingerprint density at radius 3 is 2.69 bits per heavy atom. The summed E-state index contributed by atoms with van der Waals surface area (Å²) in [4.78, 5) is 27.2. The molecule has 7 nitrogen and oxygen atoms in total. The van der Waals surface area contributed by atoms with Gasteiger partial charge in [-0.15, -0.1) is 0 Å². The van der Waals surface area contributed by atoms with Crippen molar-refractivity contribution in [2.24, 2.45) is 0 Å². The second-order valence-electron chi connectivity index (χ2n) is 8.80. The minimum atomic E-state index is -0.892. The molecular formula is C25H27Cl2FN2O5. The molecule has 2 aliphatic heterocycles. The van der Waals surface area contributed by atoms with Crippen LogP contribution in [-0.4, -0.2) is 65.9 Å². The van der Waals surface area contributed by atoms with Crippen LogP contribution in [0.15, 0.2) is 42.5 Å².